The van der Waals surface area contributed by atoms with Crippen LogP contribution in [0.15, 0.2) is 24.3 Å². The van der Waals surface area contributed by atoms with Gasteiger partial charge in [-0.15, -0.1) is 0 Å². The van der Waals surface area contributed by atoms with Gasteiger partial charge < -0.3 is 21.1 Å². The first-order valence-electron chi connectivity index (χ1n) is 6.62. The number of anilines is 1. The van der Waals surface area contributed by atoms with Gasteiger partial charge in [0.05, 0.1) is 7.11 Å². The van der Waals surface area contributed by atoms with Crippen molar-refractivity contribution in [1.82, 2.24) is 5.32 Å². The molecule has 1 aliphatic carbocycles. The van der Waals surface area contributed by atoms with Gasteiger partial charge in [-0.1, -0.05) is 0 Å². The Bertz CT molecular complexity index is 419. The number of methoxy groups -OCH3 is 1. The third kappa shape index (κ3) is 4.13. The van der Waals surface area contributed by atoms with E-state index >= 15 is 0 Å². The summed E-state index contributed by atoms with van der Waals surface area (Å²) in [6.45, 7) is 0.690. The zero-order valence-corrected chi connectivity index (χ0v) is 11.2. The summed E-state index contributed by atoms with van der Waals surface area (Å²) in [5.41, 5.74) is 6.59. The molecule has 0 spiro atoms. The average Bonchev–Trinajstić information content (AvgIpc) is 2.83. The lowest BCUT2D eigenvalue weighted by atomic mass is 10.1. The molecule has 1 saturated carbocycles. The second-order valence-electron chi connectivity index (χ2n) is 5.00. The van der Waals surface area contributed by atoms with Crippen molar-refractivity contribution in [2.24, 2.45) is 11.7 Å². The van der Waals surface area contributed by atoms with E-state index in [1.165, 1.54) is 0 Å². The van der Waals surface area contributed by atoms with Gasteiger partial charge in [0.25, 0.3) is 0 Å². The molecule has 0 aliphatic heterocycles. The summed E-state index contributed by atoms with van der Waals surface area (Å²) in [6, 6.07) is 7.37. The molecule has 2 unspecified atom stereocenters. The number of urea groups is 1. The van der Waals surface area contributed by atoms with Gasteiger partial charge in [-0.05, 0) is 49.4 Å². The van der Waals surface area contributed by atoms with Crippen LogP contribution in [0.3, 0.4) is 0 Å². The molecule has 5 heteroatoms. The van der Waals surface area contributed by atoms with E-state index in [-0.39, 0.29) is 6.03 Å². The fourth-order valence-electron chi connectivity index (χ4n) is 2.39. The Hall–Kier alpha value is -1.75. The van der Waals surface area contributed by atoms with E-state index in [0.717, 1.165) is 30.7 Å². The number of nitrogens with one attached hydrogen (secondary N) is 2. The molecule has 0 heterocycles. The Morgan fingerprint density at radius 3 is 2.68 bits per heavy atom. The van der Waals surface area contributed by atoms with Crippen molar-refractivity contribution in [2.45, 2.75) is 25.3 Å². The van der Waals surface area contributed by atoms with Crippen molar-refractivity contribution in [3.63, 3.8) is 0 Å². The Morgan fingerprint density at radius 2 is 2.11 bits per heavy atom. The smallest absolute Gasteiger partial charge is 0.319 e. The summed E-state index contributed by atoms with van der Waals surface area (Å²) >= 11 is 0. The molecule has 0 radical (unpaired) electrons. The molecule has 2 atom stereocenters. The number of hydrogen-bond acceptors (Lipinski definition) is 3. The SMILES string of the molecule is COc1ccc(NC(=O)NCC2CCC(N)C2)cc1. The van der Waals surface area contributed by atoms with Crippen molar-refractivity contribution >= 4 is 11.7 Å². The van der Waals surface area contributed by atoms with Crippen LogP contribution in [-0.4, -0.2) is 25.7 Å². The van der Waals surface area contributed by atoms with Gasteiger partial charge in [0.1, 0.15) is 5.75 Å². The Labute approximate surface area is 113 Å². The molecule has 1 aliphatic rings. The maximum atomic E-state index is 11.7. The number of carbonyl (C=O) groups is 1. The number of amides is 2. The molecule has 19 heavy (non-hydrogen) atoms. The molecular weight excluding hydrogens is 242 g/mol. The fourth-order valence-corrected chi connectivity index (χ4v) is 2.39. The first-order chi connectivity index (χ1) is 9.17. The van der Waals surface area contributed by atoms with Crippen molar-refractivity contribution in [3.05, 3.63) is 24.3 Å². The van der Waals surface area contributed by atoms with Gasteiger partial charge in [-0.2, -0.15) is 0 Å². The van der Waals surface area contributed by atoms with Crippen LogP contribution in [0.25, 0.3) is 0 Å². The Balaban J connectivity index is 1.74. The predicted octanol–water partition coefficient (Wildman–Crippen LogP) is 1.94. The first-order valence-corrected chi connectivity index (χ1v) is 6.62. The van der Waals surface area contributed by atoms with Gasteiger partial charge in [0.2, 0.25) is 0 Å². The van der Waals surface area contributed by atoms with Crippen LogP contribution in [0.5, 0.6) is 5.75 Å². The van der Waals surface area contributed by atoms with Crippen LogP contribution in [0.4, 0.5) is 10.5 Å². The summed E-state index contributed by atoms with van der Waals surface area (Å²) in [5, 5.41) is 5.68. The quantitative estimate of drug-likeness (QED) is 0.777. The third-order valence-electron chi connectivity index (χ3n) is 3.48. The number of nitrogens with two attached hydrogens (primary N) is 1. The van der Waals surface area contributed by atoms with Crippen LogP contribution in [-0.2, 0) is 0 Å². The summed E-state index contributed by atoms with van der Waals surface area (Å²) in [5.74, 6) is 1.28. The van der Waals surface area contributed by atoms with Crippen molar-refractivity contribution in [1.29, 1.82) is 0 Å². The fraction of sp³-hybridized carbons (Fsp3) is 0.500. The topological polar surface area (TPSA) is 76.4 Å². The van der Waals surface area contributed by atoms with Gasteiger partial charge in [0, 0.05) is 18.3 Å². The summed E-state index contributed by atoms with van der Waals surface area (Å²) < 4.78 is 5.06. The molecule has 1 aromatic carbocycles. The minimum absolute atomic E-state index is 0.175. The van der Waals surface area contributed by atoms with Crippen LogP contribution in [0, 0.1) is 5.92 Å². The molecule has 2 amide bonds. The highest BCUT2D eigenvalue weighted by Gasteiger charge is 2.21. The number of ether oxygens (including phenoxy) is 1. The Kier molecular flexibility index (Phi) is 4.63. The van der Waals surface area contributed by atoms with Gasteiger partial charge in [-0.3, -0.25) is 0 Å². The largest absolute Gasteiger partial charge is 0.497 e. The van der Waals surface area contributed by atoms with Crippen molar-refractivity contribution < 1.29 is 9.53 Å². The van der Waals surface area contributed by atoms with Crippen LogP contribution in [0.2, 0.25) is 0 Å². The molecule has 4 N–H and O–H groups in total. The highest BCUT2D eigenvalue weighted by Crippen LogP contribution is 2.23. The van der Waals surface area contributed by atoms with Crippen molar-refractivity contribution in [3.8, 4) is 5.75 Å². The maximum absolute atomic E-state index is 11.7. The molecule has 1 aromatic rings. The zero-order valence-electron chi connectivity index (χ0n) is 11.2. The van der Waals surface area contributed by atoms with E-state index in [1.807, 2.05) is 24.3 Å². The number of hydrogen-bond donors (Lipinski definition) is 3. The lowest BCUT2D eigenvalue weighted by Gasteiger charge is -2.12. The van der Waals surface area contributed by atoms with Gasteiger partial charge in [0.15, 0.2) is 0 Å². The molecule has 2 rings (SSSR count). The Morgan fingerprint density at radius 1 is 1.37 bits per heavy atom. The molecule has 0 bridgehead atoms. The van der Waals surface area contributed by atoms with Gasteiger partial charge >= 0.3 is 6.03 Å². The van der Waals surface area contributed by atoms with E-state index in [0.29, 0.717) is 18.5 Å². The molecule has 5 nitrogen and oxygen atoms in total. The van der Waals surface area contributed by atoms with Gasteiger partial charge in [-0.25, -0.2) is 4.79 Å². The minimum Gasteiger partial charge on any atom is -0.497 e. The summed E-state index contributed by atoms with van der Waals surface area (Å²) in [6.07, 6.45) is 3.17. The number of carbonyl (C=O) groups excluding carboxylic acids is 1. The van der Waals surface area contributed by atoms with Crippen molar-refractivity contribution in [2.75, 3.05) is 19.0 Å². The predicted molar refractivity (Wildman–Crippen MR) is 75.3 cm³/mol. The summed E-state index contributed by atoms with van der Waals surface area (Å²) in [4.78, 5) is 11.7. The average molecular weight is 263 g/mol. The van der Waals surface area contributed by atoms with E-state index in [4.69, 9.17) is 10.5 Å². The van der Waals surface area contributed by atoms with E-state index in [1.54, 1.807) is 7.11 Å². The minimum atomic E-state index is -0.175. The van der Waals surface area contributed by atoms with Crippen LogP contribution in [0.1, 0.15) is 19.3 Å². The second kappa shape index (κ2) is 6.43. The maximum Gasteiger partial charge on any atom is 0.319 e. The molecule has 1 fully saturated rings. The molecule has 0 saturated heterocycles. The lowest BCUT2D eigenvalue weighted by molar-refractivity contribution is 0.250. The number of benzene rings is 1. The summed E-state index contributed by atoms with van der Waals surface area (Å²) in [7, 11) is 1.61. The van der Waals surface area contributed by atoms with Crippen LogP contribution >= 0.6 is 0 Å². The first kappa shape index (κ1) is 13.7. The lowest BCUT2D eigenvalue weighted by Crippen LogP contribution is -2.32. The van der Waals surface area contributed by atoms with E-state index < -0.39 is 0 Å². The van der Waals surface area contributed by atoms with E-state index in [9.17, 15) is 4.79 Å². The molecular formula is C14H21N3O2. The van der Waals surface area contributed by atoms with E-state index in [2.05, 4.69) is 10.6 Å². The highest BCUT2D eigenvalue weighted by atomic mass is 16.5. The second-order valence-corrected chi connectivity index (χ2v) is 5.00. The molecule has 104 valence electrons. The third-order valence-corrected chi connectivity index (χ3v) is 3.48. The molecule has 0 aromatic heterocycles. The highest BCUT2D eigenvalue weighted by molar-refractivity contribution is 5.89. The monoisotopic (exact) mass is 263 g/mol. The van der Waals surface area contributed by atoms with Crippen LogP contribution < -0.4 is 21.1 Å². The normalized spacial score (nSPS) is 22.0. The zero-order chi connectivity index (χ0) is 13.7. The standard InChI is InChI=1S/C14H21N3O2/c1-19-13-6-4-12(5-7-13)17-14(18)16-9-10-2-3-11(15)8-10/h4-7,10-11H,2-3,8-9,15H2,1H3,(H2,16,17,18). The number of rotatable bonds is 4.